The monoisotopic (exact) mass is 202 g/mol. The van der Waals surface area contributed by atoms with Gasteiger partial charge in [0.1, 0.15) is 0 Å². The fourth-order valence-electron chi connectivity index (χ4n) is 1.81. The molecule has 0 aromatic rings. The Kier molecular flexibility index (Phi) is 6.10. The van der Waals surface area contributed by atoms with Gasteiger partial charge in [-0.3, -0.25) is 0 Å². The predicted molar refractivity (Wildman–Crippen MR) is 56.4 cm³/mol. The van der Waals surface area contributed by atoms with Crippen LogP contribution in [0.3, 0.4) is 0 Å². The number of hydrogen-bond donors (Lipinski definition) is 2. The first-order valence-corrected chi connectivity index (χ1v) is 5.41. The second-order valence-corrected chi connectivity index (χ2v) is 3.96. The molecule has 0 spiro atoms. The van der Waals surface area contributed by atoms with Crippen LogP contribution in [0.5, 0.6) is 0 Å². The minimum atomic E-state index is 0.118. The molecule has 1 unspecified atom stereocenters. The first kappa shape index (κ1) is 11.9. The van der Waals surface area contributed by atoms with Crippen molar-refractivity contribution >= 4 is 0 Å². The third-order valence-corrected chi connectivity index (χ3v) is 2.58. The SMILES string of the molecule is CN1CCC(CNCCOCCO)C1. The van der Waals surface area contributed by atoms with Crippen molar-refractivity contribution in [1.29, 1.82) is 0 Å². The number of likely N-dealkylation sites (tertiary alicyclic amines) is 1. The van der Waals surface area contributed by atoms with Crippen molar-refractivity contribution in [3.63, 3.8) is 0 Å². The van der Waals surface area contributed by atoms with Crippen LogP contribution in [-0.4, -0.2) is 63.1 Å². The van der Waals surface area contributed by atoms with Crippen molar-refractivity contribution < 1.29 is 9.84 Å². The van der Waals surface area contributed by atoms with E-state index >= 15 is 0 Å². The highest BCUT2D eigenvalue weighted by Crippen LogP contribution is 2.12. The molecule has 2 N–H and O–H groups in total. The number of aliphatic hydroxyl groups excluding tert-OH is 1. The van der Waals surface area contributed by atoms with Crippen molar-refractivity contribution in [2.75, 3.05) is 53.0 Å². The Hall–Kier alpha value is -0.160. The molecule has 84 valence electrons. The second-order valence-electron chi connectivity index (χ2n) is 3.96. The lowest BCUT2D eigenvalue weighted by atomic mass is 10.1. The molecule has 1 heterocycles. The summed E-state index contributed by atoms with van der Waals surface area (Å²) in [4.78, 5) is 2.37. The van der Waals surface area contributed by atoms with E-state index in [0.29, 0.717) is 13.2 Å². The maximum atomic E-state index is 8.47. The molecule has 14 heavy (non-hydrogen) atoms. The number of nitrogens with one attached hydrogen (secondary N) is 1. The number of nitrogens with zero attached hydrogens (tertiary/aromatic N) is 1. The van der Waals surface area contributed by atoms with Gasteiger partial charge in [0.2, 0.25) is 0 Å². The first-order valence-electron chi connectivity index (χ1n) is 5.41. The van der Waals surface area contributed by atoms with Gasteiger partial charge in [-0.25, -0.2) is 0 Å². The van der Waals surface area contributed by atoms with Crippen LogP contribution < -0.4 is 5.32 Å². The highest BCUT2D eigenvalue weighted by Gasteiger charge is 2.18. The first-order chi connectivity index (χ1) is 6.83. The standard InChI is InChI=1S/C10H22N2O2/c1-12-4-2-10(9-12)8-11-3-6-14-7-5-13/h10-11,13H,2-9H2,1H3. The van der Waals surface area contributed by atoms with E-state index in [1.165, 1.54) is 19.5 Å². The Morgan fingerprint density at radius 2 is 2.36 bits per heavy atom. The zero-order valence-electron chi connectivity index (χ0n) is 9.04. The van der Waals surface area contributed by atoms with Gasteiger partial charge in [-0.15, -0.1) is 0 Å². The Bertz CT molecular complexity index is 144. The molecule has 1 fully saturated rings. The van der Waals surface area contributed by atoms with Gasteiger partial charge < -0.3 is 20.1 Å². The Balaban J connectivity index is 1.84. The minimum absolute atomic E-state index is 0.118. The van der Waals surface area contributed by atoms with Crippen molar-refractivity contribution in [1.82, 2.24) is 10.2 Å². The zero-order valence-corrected chi connectivity index (χ0v) is 9.04. The average Bonchev–Trinajstić information content (AvgIpc) is 2.58. The number of hydrogen-bond acceptors (Lipinski definition) is 4. The predicted octanol–water partition coefficient (Wildman–Crippen LogP) is -0.463. The molecular formula is C10H22N2O2. The summed E-state index contributed by atoms with van der Waals surface area (Å²) in [5.74, 6) is 0.804. The molecule has 1 saturated heterocycles. The van der Waals surface area contributed by atoms with E-state index in [9.17, 15) is 0 Å². The highest BCUT2D eigenvalue weighted by atomic mass is 16.5. The summed E-state index contributed by atoms with van der Waals surface area (Å²) in [6.45, 7) is 5.69. The third-order valence-electron chi connectivity index (χ3n) is 2.58. The van der Waals surface area contributed by atoms with Crippen LogP contribution in [-0.2, 0) is 4.74 Å². The number of rotatable bonds is 7. The van der Waals surface area contributed by atoms with Crippen LogP contribution in [0, 0.1) is 5.92 Å². The van der Waals surface area contributed by atoms with Gasteiger partial charge in [0, 0.05) is 13.1 Å². The van der Waals surface area contributed by atoms with Crippen molar-refractivity contribution in [3.8, 4) is 0 Å². The van der Waals surface area contributed by atoms with Gasteiger partial charge in [0.25, 0.3) is 0 Å². The molecule has 4 heteroatoms. The van der Waals surface area contributed by atoms with Crippen LogP contribution >= 0.6 is 0 Å². The third kappa shape index (κ3) is 4.91. The fourth-order valence-corrected chi connectivity index (χ4v) is 1.81. The van der Waals surface area contributed by atoms with E-state index < -0.39 is 0 Å². The van der Waals surface area contributed by atoms with Gasteiger partial charge in [-0.05, 0) is 32.5 Å². The lowest BCUT2D eigenvalue weighted by Gasteiger charge is -2.11. The molecule has 1 aliphatic heterocycles. The summed E-state index contributed by atoms with van der Waals surface area (Å²) in [5, 5.41) is 11.8. The lowest BCUT2D eigenvalue weighted by molar-refractivity contribution is 0.0935. The fraction of sp³-hybridized carbons (Fsp3) is 1.00. The molecule has 1 atom stereocenters. The van der Waals surface area contributed by atoms with Gasteiger partial charge in [-0.1, -0.05) is 0 Å². The summed E-state index contributed by atoms with van der Waals surface area (Å²) in [6.07, 6.45) is 1.31. The van der Waals surface area contributed by atoms with Crippen LogP contribution in [0.1, 0.15) is 6.42 Å². The highest BCUT2D eigenvalue weighted by molar-refractivity contribution is 4.74. The van der Waals surface area contributed by atoms with E-state index in [2.05, 4.69) is 17.3 Å². The molecule has 0 aromatic heterocycles. The Morgan fingerprint density at radius 3 is 3.00 bits per heavy atom. The molecule has 0 amide bonds. The minimum Gasteiger partial charge on any atom is -0.394 e. The topological polar surface area (TPSA) is 44.7 Å². The van der Waals surface area contributed by atoms with Gasteiger partial charge >= 0.3 is 0 Å². The summed E-state index contributed by atoms with van der Waals surface area (Å²) in [7, 11) is 2.17. The van der Waals surface area contributed by atoms with Gasteiger partial charge in [0.15, 0.2) is 0 Å². The molecule has 1 aliphatic rings. The molecule has 0 aromatic carbocycles. The summed E-state index contributed by atoms with van der Waals surface area (Å²) < 4.78 is 5.15. The maximum absolute atomic E-state index is 8.47. The van der Waals surface area contributed by atoms with E-state index in [-0.39, 0.29) is 6.61 Å². The quantitative estimate of drug-likeness (QED) is 0.548. The van der Waals surface area contributed by atoms with Crippen molar-refractivity contribution in [3.05, 3.63) is 0 Å². The van der Waals surface area contributed by atoms with Crippen LogP contribution in [0.25, 0.3) is 0 Å². The lowest BCUT2D eigenvalue weighted by Crippen LogP contribution is -2.28. The van der Waals surface area contributed by atoms with Crippen molar-refractivity contribution in [2.45, 2.75) is 6.42 Å². The average molecular weight is 202 g/mol. The number of ether oxygens (including phenoxy) is 1. The van der Waals surface area contributed by atoms with E-state index in [4.69, 9.17) is 9.84 Å². The molecule has 1 rings (SSSR count). The molecule has 0 saturated carbocycles. The summed E-state index contributed by atoms with van der Waals surface area (Å²) >= 11 is 0. The molecule has 0 bridgehead atoms. The van der Waals surface area contributed by atoms with Gasteiger partial charge in [0.05, 0.1) is 19.8 Å². The van der Waals surface area contributed by atoms with Crippen LogP contribution in [0.15, 0.2) is 0 Å². The van der Waals surface area contributed by atoms with E-state index in [1.807, 2.05) is 0 Å². The van der Waals surface area contributed by atoms with E-state index in [1.54, 1.807) is 0 Å². The van der Waals surface area contributed by atoms with Crippen LogP contribution in [0.4, 0.5) is 0 Å². The zero-order chi connectivity index (χ0) is 10.2. The Labute approximate surface area is 86.2 Å². The molecular weight excluding hydrogens is 180 g/mol. The number of aliphatic hydroxyl groups is 1. The molecule has 0 radical (unpaired) electrons. The molecule has 4 nitrogen and oxygen atoms in total. The van der Waals surface area contributed by atoms with Gasteiger partial charge in [-0.2, -0.15) is 0 Å². The second kappa shape index (κ2) is 7.17. The van der Waals surface area contributed by atoms with E-state index in [0.717, 1.165) is 19.0 Å². The van der Waals surface area contributed by atoms with Crippen LogP contribution in [0.2, 0.25) is 0 Å². The summed E-state index contributed by atoms with van der Waals surface area (Å²) in [5.41, 5.74) is 0. The largest absolute Gasteiger partial charge is 0.394 e. The normalized spacial score (nSPS) is 23.1. The summed E-state index contributed by atoms with van der Waals surface area (Å²) in [6, 6.07) is 0. The molecule has 0 aliphatic carbocycles. The Morgan fingerprint density at radius 1 is 1.50 bits per heavy atom. The smallest absolute Gasteiger partial charge is 0.0698 e. The van der Waals surface area contributed by atoms with Crippen molar-refractivity contribution in [2.24, 2.45) is 5.92 Å². The maximum Gasteiger partial charge on any atom is 0.0698 e.